The summed E-state index contributed by atoms with van der Waals surface area (Å²) in [5.41, 5.74) is 3.56. The number of nitrogens with zero attached hydrogens (tertiary/aromatic N) is 2. The van der Waals surface area contributed by atoms with Crippen molar-refractivity contribution < 1.29 is 9.13 Å². The number of aryl methyl sites for hydroxylation is 1. The van der Waals surface area contributed by atoms with Crippen LogP contribution < -0.4 is 0 Å². The van der Waals surface area contributed by atoms with Gasteiger partial charge in [0.05, 0.1) is 12.3 Å². The van der Waals surface area contributed by atoms with Gasteiger partial charge in [-0.1, -0.05) is 13.0 Å². The van der Waals surface area contributed by atoms with Gasteiger partial charge < -0.3 is 4.74 Å². The molecule has 0 aromatic carbocycles. The Balaban J connectivity index is 1.81. The van der Waals surface area contributed by atoms with Crippen LogP contribution in [-0.2, 0) is 17.7 Å². The van der Waals surface area contributed by atoms with Gasteiger partial charge in [-0.05, 0) is 30.9 Å². The summed E-state index contributed by atoms with van der Waals surface area (Å²) in [5.74, 6) is 0.465. The summed E-state index contributed by atoms with van der Waals surface area (Å²) < 4.78 is 18.8. The SMILES string of the molecule is CCc1ccc(C2CCOC2)c(CN2CC[C@H](F)C2)n1. The number of hydrogen-bond acceptors (Lipinski definition) is 3. The highest BCUT2D eigenvalue weighted by atomic mass is 19.1. The number of hydrogen-bond donors (Lipinski definition) is 0. The van der Waals surface area contributed by atoms with Crippen LogP contribution in [0.3, 0.4) is 0 Å². The lowest BCUT2D eigenvalue weighted by molar-refractivity contribution is 0.193. The first-order valence-electron chi connectivity index (χ1n) is 7.69. The van der Waals surface area contributed by atoms with Gasteiger partial charge in [-0.25, -0.2) is 4.39 Å². The second-order valence-electron chi connectivity index (χ2n) is 5.87. The second-order valence-corrected chi connectivity index (χ2v) is 5.87. The number of halogens is 1. The first-order chi connectivity index (χ1) is 9.76. The van der Waals surface area contributed by atoms with Crippen LogP contribution in [-0.4, -0.2) is 42.4 Å². The molecule has 0 spiro atoms. The molecule has 1 aromatic heterocycles. The Kier molecular flexibility index (Phi) is 4.32. The molecule has 0 aliphatic carbocycles. The molecule has 2 fully saturated rings. The van der Waals surface area contributed by atoms with Crippen molar-refractivity contribution in [3.8, 4) is 0 Å². The zero-order valence-corrected chi connectivity index (χ0v) is 12.1. The van der Waals surface area contributed by atoms with Crippen LogP contribution in [0.1, 0.15) is 42.6 Å². The third kappa shape index (κ3) is 3.01. The van der Waals surface area contributed by atoms with Gasteiger partial charge in [-0.3, -0.25) is 9.88 Å². The van der Waals surface area contributed by atoms with Crippen LogP contribution in [0.15, 0.2) is 12.1 Å². The van der Waals surface area contributed by atoms with E-state index < -0.39 is 6.17 Å². The zero-order chi connectivity index (χ0) is 13.9. The Bertz CT molecular complexity index is 460. The quantitative estimate of drug-likeness (QED) is 0.846. The molecule has 2 aliphatic rings. The Labute approximate surface area is 120 Å². The van der Waals surface area contributed by atoms with Gasteiger partial charge in [0.1, 0.15) is 6.17 Å². The van der Waals surface area contributed by atoms with E-state index in [0.29, 0.717) is 18.9 Å². The van der Waals surface area contributed by atoms with Gasteiger partial charge in [0, 0.05) is 37.9 Å². The molecular formula is C16H23FN2O. The van der Waals surface area contributed by atoms with E-state index >= 15 is 0 Å². The predicted octanol–water partition coefficient (Wildman–Crippen LogP) is 2.69. The highest BCUT2D eigenvalue weighted by Gasteiger charge is 2.26. The molecule has 110 valence electrons. The lowest BCUT2D eigenvalue weighted by Crippen LogP contribution is -2.23. The van der Waals surface area contributed by atoms with Gasteiger partial charge in [-0.15, -0.1) is 0 Å². The van der Waals surface area contributed by atoms with Crippen LogP contribution in [0.25, 0.3) is 0 Å². The number of aromatic nitrogens is 1. The molecule has 2 atom stereocenters. The molecule has 0 radical (unpaired) electrons. The molecule has 0 N–H and O–H groups in total. The maximum absolute atomic E-state index is 13.3. The average molecular weight is 278 g/mol. The van der Waals surface area contributed by atoms with Gasteiger partial charge in [-0.2, -0.15) is 0 Å². The van der Waals surface area contributed by atoms with Crippen molar-refractivity contribution in [2.75, 3.05) is 26.3 Å². The highest BCUT2D eigenvalue weighted by molar-refractivity contribution is 5.28. The van der Waals surface area contributed by atoms with Crippen LogP contribution in [0.2, 0.25) is 0 Å². The molecule has 4 heteroatoms. The summed E-state index contributed by atoms with van der Waals surface area (Å²) >= 11 is 0. The smallest absolute Gasteiger partial charge is 0.114 e. The molecule has 1 unspecified atom stereocenters. The Morgan fingerprint density at radius 1 is 1.40 bits per heavy atom. The summed E-state index contributed by atoms with van der Waals surface area (Å²) in [6, 6.07) is 4.34. The molecule has 0 saturated carbocycles. The Morgan fingerprint density at radius 3 is 2.95 bits per heavy atom. The fourth-order valence-corrected chi connectivity index (χ4v) is 3.17. The van der Waals surface area contributed by atoms with E-state index in [1.165, 1.54) is 5.56 Å². The number of likely N-dealkylation sites (tertiary alicyclic amines) is 1. The van der Waals surface area contributed by atoms with E-state index in [9.17, 15) is 4.39 Å². The number of rotatable bonds is 4. The van der Waals surface area contributed by atoms with Crippen molar-refractivity contribution in [3.63, 3.8) is 0 Å². The highest BCUT2D eigenvalue weighted by Crippen LogP contribution is 2.29. The second kappa shape index (κ2) is 6.19. The normalized spacial score (nSPS) is 27.3. The van der Waals surface area contributed by atoms with Crippen LogP contribution in [0, 0.1) is 0 Å². The first-order valence-corrected chi connectivity index (χ1v) is 7.69. The Hall–Kier alpha value is -1.00. The first kappa shape index (κ1) is 14.0. The number of ether oxygens (including phenoxy) is 1. The standard InChI is InChI=1S/C16H23FN2O/c1-2-14-3-4-15(12-6-8-20-11-12)16(18-14)10-19-7-5-13(17)9-19/h3-4,12-13H,2,5-11H2,1H3/t12?,13-/m0/s1. The monoisotopic (exact) mass is 278 g/mol. The molecule has 2 aliphatic heterocycles. The summed E-state index contributed by atoms with van der Waals surface area (Å²) in [4.78, 5) is 6.99. The van der Waals surface area contributed by atoms with Crippen molar-refractivity contribution in [2.24, 2.45) is 0 Å². The summed E-state index contributed by atoms with van der Waals surface area (Å²) in [7, 11) is 0. The van der Waals surface area contributed by atoms with Crippen LogP contribution in [0.5, 0.6) is 0 Å². The van der Waals surface area contributed by atoms with Gasteiger partial charge >= 0.3 is 0 Å². The van der Waals surface area contributed by atoms with E-state index in [-0.39, 0.29) is 0 Å². The minimum absolute atomic E-state index is 0.465. The third-order valence-electron chi connectivity index (χ3n) is 4.39. The largest absolute Gasteiger partial charge is 0.381 e. The van der Waals surface area contributed by atoms with Crippen molar-refractivity contribution >= 4 is 0 Å². The van der Waals surface area contributed by atoms with Crippen molar-refractivity contribution in [1.29, 1.82) is 0 Å². The van der Waals surface area contributed by atoms with Crippen molar-refractivity contribution in [3.05, 3.63) is 29.1 Å². The summed E-state index contributed by atoms with van der Waals surface area (Å²) in [6.07, 6.45) is 2.02. The van der Waals surface area contributed by atoms with Crippen molar-refractivity contribution in [2.45, 2.75) is 44.8 Å². The molecular weight excluding hydrogens is 255 g/mol. The summed E-state index contributed by atoms with van der Waals surface area (Å²) in [6.45, 7) is 5.94. The molecule has 0 bridgehead atoms. The van der Waals surface area contributed by atoms with Crippen molar-refractivity contribution in [1.82, 2.24) is 9.88 Å². The van der Waals surface area contributed by atoms with E-state index in [2.05, 4.69) is 24.0 Å². The lowest BCUT2D eigenvalue weighted by Gasteiger charge is -2.19. The molecule has 3 nitrogen and oxygen atoms in total. The minimum Gasteiger partial charge on any atom is -0.381 e. The number of alkyl halides is 1. The zero-order valence-electron chi connectivity index (χ0n) is 12.1. The van der Waals surface area contributed by atoms with E-state index in [4.69, 9.17) is 9.72 Å². The van der Waals surface area contributed by atoms with E-state index in [0.717, 1.165) is 50.5 Å². The van der Waals surface area contributed by atoms with Gasteiger partial charge in [0.15, 0.2) is 0 Å². The third-order valence-corrected chi connectivity index (χ3v) is 4.39. The molecule has 3 rings (SSSR count). The molecule has 2 saturated heterocycles. The average Bonchev–Trinajstić information content (AvgIpc) is 3.10. The number of pyridine rings is 1. The molecule has 1 aromatic rings. The minimum atomic E-state index is -0.664. The maximum atomic E-state index is 13.3. The van der Waals surface area contributed by atoms with Gasteiger partial charge in [0.25, 0.3) is 0 Å². The lowest BCUT2D eigenvalue weighted by atomic mass is 9.96. The van der Waals surface area contributed by atoms with Gasteiger partial charge in [0.2, 0.25) is 0 Å². The van der Waals surface area contributed by atoms with Crippen LogP contribution in [0.4, 0.5) is 4.39 Å². The summed E-state index contributed by atoms with van der Waals surface area (Å²) in [5, 5.41) is 0. The molecule has 0 amide bonds. The predicted molar refractivity (Wildman–Crippen MR) is 76.6 cm³/mol. The topological polar surface area (TPSA) is 25.4 Å². The molecule has 3 heterocycles. The fraction of sp³-hybridized carbons (Fsp3) is 0.688. The Morgan fingerprint density at radius 2 is 2.30 bits per heavy atom. The fourth-order valence-electron chi connectivity index (χ4n) is 3.17. The van der Waals surface area contributed by atoms with E-state index in [1.807, 2.05) is 0 Å². The maximum Gasteiger partial charge on any atom is 0.114 e. The molecule has 20 heavy (non-hydrogen) atoms. The van der Waals surface area contributed by atoms with E-state index in [1.54, 1.807) is 0 Å². The van der Waals surface area contributed by atoms with Crippen LogP contribution >= 0.6 is 0 Å².